The Morgan fingerprint density at radius 2 is 2.00 bits per heavy atom. The lowest BCUT2D eigenvalue weighted by Gasteiger charge is -2.23. The molecule has 0 aromatic carbocycles. The van der Waals surface area contributed by atoms with Gasteiger partial charge in [0.15, 0.2) is 9.84 Å². The molecule has 15 heavy (non-hydrogen) atoms. The second kappa shape index (κ2) is 6.07. The zero-order valence-corrected chi connectivity index (χ0v) is 10.4. The Balaban J connectivity index is 4.37. The Morgan fingerprint density at radius 1 is 1.47 bits per heavy atom. The normalized spacial score (nSPS) is 13.6. The summed E-state index contributed by atoms with van der Waals surface area (Å²) in [6, 6.07) is -0.130. The number of carbonyl (C=O) groups is 1. The van der Waals surface area contributed by atoms with Gasteiger partial charge in [0, 0.05) is 19.6 Å². The van der Waals surface area contributed by atoms with E-state index in [2.05, 4.69) is 0 Å². The zero-order valence-electron chi connectivity index (χ0n) is 9.56. The van der Waals surface area contributed by atoms with Crippen molar-refractivity contribution in [2.75, 3.05) is 25.1 Å². The van der Waals surface area contributed by atoms with Gasteiger partial charge in [-0.1, -0.05) is 6.92 Å². The molecule has 5 nitrogen and oxygen atoms in total. The van der Waals surface area contributed by atoms with Crippen molar-refractivity contribution in [3.05, 3.63) is 0 Å². The minimum Gasteiger partial charge on any atom is -0.341 e. The summed E-state index contributed by atoms with van der Waals surface area (Å²) in [7, 11) is -1.68. The zero-order chi connectivity index (χ0) is 12.1. The monoisotopic (exact) mass is 236 g/mol. The van der Waals surface area contributed by atoms with E-state index in [1.54, 1.807) is 20.9 Å². The number of nitrogens with zero attached hydrogens (tertiary/aromatic N) is 1. The first-order chi connectivity index (χ1) is 6.84. The molecule has 0 rings (SSSR count). The van der Waals surface area contributed by atoms with Crippen LogP contribution in [-0.4, -0.2) is 50.4 Å². The van der Waals surface area contributed by atoms with Crippen molar-refractivity contribution < 1.29 is 13.2 Å². The predicted octanol–water partition coefficient (Wildman–Crippen LogP) is -0.383. The number of hydrogen-bond acceptors (Lipinski definition) is 4. The van der Waals surface area contributed by atoms with Gasteiger partial charge in [-0.15, -0.1) is 0 Å². The SMILES string of the molecule is CCCS(=O)(=O)CC(=O)N(C)C(C)CN. The molecule has 0 aromatic rings. The number of nitrogens with two attached hydrogens (primary N) is 1. The first-order valence-electron chi connectivity index (χ1n) is 5.00. The van der Waals surface area contributed by atoms with Crippen molar-refractivity contribution in [2.45, 2.75) is 26.3 Å². The van der Waals surface area contributed by atoms with Gasteiger partial charge < -0.3 is 10.6 Å². The lowest BCUT2D eigenvalue weighted by Crippen LogP contribution is -2.42. The molecule has 1 amide bonds. The number of likely N-dealkylation sites (N-methyl/N-ethyl adjacent to an activating group) is 1. The number of rotatable bonds is 6. The Kier molecular flexibility index (Phi) is 5.82. The number of carbonyl (C=O) groups excluding carboxylic acids is 1. The van der Waals surface area contributed by atoms with Crippen LogP contribution in [-0.2, 0) is 14.6 Å². The highest BCUT2D eigenvalue weighted by Crippen LogP contribution is 2.00. The Bertz CT molecular complexity index is 300. The maximum Gasteiger partial charge on any atom is 0.237 e. The summed E-state index contributed by atoms with van der Waals surface area (Å²) in [6.45, 7) is 3.88. The molecule has 0 aliphatic carbocycles. The van der Waals surface area contributed by atoms with Gasteiger partial charge in [0.1, 0.15) is 5.75 Å². The predicted molar refractivity (Wildman–Crippen MR) is 60.2 cm³/mol. The van der Waals surface area contributed by atoms with Crippen LogP contribution < -0.4 is 5.73 Å². The molecule has 90 valence electrons. The van der Waals surface area contributed by atoms with E-state index in [0.29, 0.717) is 13.0 Å². The molecule has 0 aliphatic heterocycles. The van der Waals surface area contributed by atoms with Crippen LogP contribution in [0, 0.1) is 0 Å². The Hall–Kier alpha value is -0.620. The average molecular weight is 236 g/mol. The van der Waals surface area contributed by atoms with Crippen LogP contribution >= 0.6 is 0 Å². The molecule has 0 fully saturated rings. The molecule has 2 N–H and O–H groups in total. The van der Waals surface area contributed by atoms with E-state index in [1.165, 1.54) is 4.90 Å². The molecular formula is C9H20N2O3S. The summed E-state index contributed by atoms with van der Waals surface area (Å²) in [5.41, 5.74) is 5.39. The molecule has 0 aliphatic rings. The lowest BCUT2D eigenvalue weighted by molar-refractivity contribution is -0.128. The molecule has 0 heterocycles. The van der Waals surface area contributed by atoms with Crippen LogP contribution in [0.3, 0.4) is 0 Å². The highest BCUT2D eigenvalue weighted by Gasteiger charge is 2.21. The first kappa shape index (κ1) is 14.4. The number of sulfone groups is 1. The smallest absolute Gasteiger partial charge is 0.237 e. The van der Waals surface area contributed by atoms with Crippen molar-refractivity contribution in [2.24, 2.45) is 5.73 Å². The summed E-state index contributed by atoms with van der Waals surface area (Å²) in [4.78, 5) is 12.9. The van der Waals surface area contributed by atoms with Gasteiger partial charge in [-0.25, -0.2) is 8.42 Å². The van der Waals surface area contributed by atoms with Crippen LogP contribution in [0.15, 0.2) is 0 Å². The van der Waals surface area contributed by atoms with Crippen molar-refractivity contribution in [1.82, 2.24) is 4.90 Å². The fraction of sp³-hybridized carbons (Fsp3) is 0.889. The summed E-state index contributed by atoms with van der Waals surface area (Å²) in [6.07, 6.45) is 0.534. The summed E-state index contributed by atoms with van der Waals surface area (Å²) < 4.78 is 22.8. The fourth-order valence-electron chi connectivity index (χ4n) is 1.08. The molecule has 0 saturated carbocycles. The maximum atomic E-state index is 11.5. The van der Waals surface area contributed by atoms with Crippen LogP contribution in [0.4, 0.5) is 0 Å². The van der Waals surface area contributed by atoms with Gasteiger partial charge in [0.05, 0.1) is 5.75 Å². The highest BCUT2D eigenvalue weighted by molar-refractivity contribution is 7.92. The van der Waals surface area contributed by atoms with Gasteiger partial charge in [-0.2, -0.15) is 0 Å². The minimum absolute atomic E-state index is 0.0591. The third kappa shape index (κ3) is 5.13. The topological polar surface area (TPSA) is 80.5 Å². The summed E-state index contributed by atoms with van der Waals surface area (Å²) >= 11 is 0. The van der Waals surface area contributed by atoms with E-state index >= 15 is 0 Å². The molecule has 0 aromatic heterocycles. The maximum absolute atomic E-state index is 11.5. The van der Waals surface area contributed by atoms with Gasteiger partial charge >= 0.3 is 0 Å². The van der Waals surface area contributed by atoms with Crippen molar-refractivity contribution in [3.63, 3.8) is 0 Å². The molecule has 1 unspecified atom stereocenters. The van der Waals surface area contributed by atoms with Crippen LogP contribution in [0.25, 0.3) is 0 Å². The molecule has 0 radical (unpaired) electrons. The standard InChI is InChI=1S/C9H20N2O3S/c1-4-5-15(13,14)7-9(12)11(3)8(2)6-10/h8H,4-7,10H2,1-3H3. The van der Waals surface area contributed by atoms with E-state index in [-0.39, 0.29) is 17.7 Å². The van der Waals surface area contributed by atoms with Crippen molar-refractivity contribution in [1.29, 1.82) is 0 Å². The Labute approximate surface area is 91.5 Å². The van der Waals surface area contributed by atoms with Gasteiger partial charge in [-0.3, -0.25) is 4.79 Å². The molecule has 6 heteroatoms. The summed E-state index contributed by atoms with van der Waals surface area (Å²) in [5, 5.41) is 0. The van der Waals surface area contributed by atoms with Gasteiger partial charge in [0.25, 0.3) is 0 Å². The van der Waals surface area contributed by atoms with Crippen LogP contribution in [0.5, 0.6) is 0 Å². The molecule has 0 saturated heterocycles. The van der Waals surface area contributed by atoms with Gasteiger partial charge in [0.2, 0.25) is 5.91 Å². The molecule has 1 atom stereocenters. The fourth-order valence-corrected chi connectivity index (χ4v) is 2.42. The second-order valence-corrected chi connectivity index (χ2v) is 5.87. The first-order valence-corrected chi connectivity index (χ1v) is 6.82. The van der Waals surface area contributed by atoms with Crippen LogP contribution in [0.2, 0.25) is 0 Å². The molecular weight excluding hydrogens is 216 g/mol. The third-order valence-electron chi connectivity index (χ3n) is 2.25. The number of hydrogen-bond donors (Lipinski definition) is 1. The van der Waals surface area contributed by atoms with Crippen molar-refractivity contribution >= 4 is 15.7 Å². The van der Waals surface area contributed by atoms with Gasteiger partial charge in [-0.05, 0) is 13.3 Å². The molecule has 0 bridgehead atoms. The Morgan fingerprint density at radius 3 is 2.40 bits per heavy atom. The summed E-state index contributed by atoms with van der Waals surface area (Å²) in [5.74, 6) is -0.743. The van der Waals surface area contributed by atoms with E-state index in [9.17, 15) is 13.2 Å². The van der Waals surface area contributed by atoms with E-state index in [4.69, 9.17) is 5.73 Å². The highest BCUT2D eigenvalue weighted by atomic mass is 32.2. The molecule has 0 spiro atoms. The van der Waals surface area contributed by atoms with E-state index in [1.807, 2.05) is 0 Å². The van der Waals surface area contributed by atoms with Crippen LogP contribution in [0.1, 0.15) is 20.3 Å². The largest absolute Gasteiger partial charge is 0.341 e. The third-order valence-corrected chi connectivity index (χ3v) is 3.97. The quantitative estimate of drug-likeness (QED) is 0.681. The van der Waals surface area contributed by atoms with Crippen molar-refractivity contribution in [3.8, 4) is 0 Å². The van der Waals surface area contributed by atoms with E-state index < -0.39 is 15.6 Å². The average Bonchev–Trinajstić information content (AvgIpc) is 2.14. The minimum atomic E-state index is -3.25. The number of amides is 1. The lowest BCUT2D eigenvalue weighted by atomic mass is 10.3. The van der Waals surface area contributed by atoms with E-state index in [0.717, 1.165) is 0 Å². The second-order valence-electron chi connectivity index (χ2n) is 3.68.